The molecule has 0 atom stereocenters. The number of hydrogen-bond donors (Lipinski definition) is 1. The van der Waals surface area contributed by atoms with Crippen LogP contribution in [0.4, 0.5) is 0 Å². The number of aryl methyl sites for hydroxylation is 1. The lowest BCUT2D eigenvalue weighted by atomic mass is 10.2. The van der Waals surface area contributed by atoms with Gasteiger partial charge in [-0.25, -0.2) is 8.42 Å². The molecule has 92 valence electrons. The fraction of sp³-hybridized carbons (Fsp3) is 0.778. The molecular weight excluding hydrogens is 230 g/mol. The fourth-order valence-electron chi connectivity index (χ4n) is 1.02. The van der Waals surface area contributed by atoms with Crippen molar-refractivity contribution in [3.05, 3.63) is 11.7 Å². The van der Waals surface area contributed by atoms with Gasteiger partial charge in [0.1, 0.15) is 0 Å². The molecule has 0 saturated carbocycles. The number of sulfone groups is 1. The summed E-state index contributed by atoms with van der Waals surface area (Å²) in [5, 5.41) is 6.70. The van der Waals surface area contributed by atoms with Crippen molar-refractivity contribution in [3.63, 3.8) is 0 Å². The van der Waals surface area contributed by atoms with Crippen molar-refractivity contribution in [2.24, 2.45) is 0 Å². The van der Waals surface area contributed by atoms with Gasteiger partial charge >= 0.3 is 0 Å². The summed E-state index contributed by atoms with van der Waals surface area (Å²) in [6, 6.07) is 0. The first-order valence-corrected chi connectivity index (χ1v) is 6.81. The highest BCUT2D eigenvalue weighted by molar-refractivity contribution is 7.92. The average molecular weight is 247 g/mol. The molecule has 6 nitrogen and oxygen atoms in total. The summed E-state index contributed by atoms with van der Waals surface area (Å²) in [7, 11) is -3.08. The Balaban J connectivity index is 2.48. The van der Waals surface area contributed by atoms with E-state index in [1.54, 1.807) is 20.8 Å². The Kier molecular flexibility index (Phi) is 3.69. The van der Waals surface area contributed by atoms with E-state index in [0.29, 0.717) is 24.8 Å². The first kappa shape index (κ1) is 13.1. The van der Waals surface area contributed by atoms with Crippen molar-refractivity contribution in [1.82, 2.24) is 15.5 Å². The van der Waals surface area contributed by atoms with Gasteiger partial charge in [0, 0.05) is 19.7 Å². The molecule has 0 aromatic carbocycles. The zero-order valence-corrected chi connectivity index (χ0v) is 10.8. The maximum absolute atomic E-state index is 11.4. The molecule has 0 radical (unpaired) electrons. The van der Waals surface area contributed by atoms with E-state index in [4.69, 9.17) is 4.52 Å². The number of nitrogens with one attached hydrogen (secondary N) is 1. The minimum absolute atomic E-state index is 0.347. The Labute approximate surface area is 95.3 Å². The summed E-state index contributed by atoms with van der Waals surface area (Å²) < 4.78 is 26.8. The maximum atomic E-state index is 11.4. The van der Waals surface area contributed by atoms with Gasteiger partial charge in [-0.2, -0.15) is 4.98 Å². The molecule has 1 heterocycles. The molecule has 0 bridgehead atoms. The Hall–Kier alpha value is -0.950. The van der Waals surface area contributed by atoms with E-state index < -0.39 is 14.6 Å². The SMILES string of the molecule is Cc1nc(CNCC(C)(C)S(C)(=O)=O)no1. The van der Waals surface area contributed by atoms with Crippen LogP contribution in [0.25, 0.3) is 0 Å². The summed E-state index contributed by atoms with van der Waals surface area (Å²) in [6.45, 7) is 5.81. The minimum atomic E-state index is -3.08. The Morgan fingerprint density at radius 2 is 2.06 bits per heavy atom. The highest BCUT2D eigenvalue weighted by atomic mass is 32.2. The first-order chi connectivity index (χ1) is 7.22. The summed E-state index contributed by atoms with van der Waals surface area (Å²) in [5.41, 5.74) is 0. The van der Waals surface area contributed by atoms with Gasteiger partial charge in [-0.05, 0) is 13.8 Å². The van der Waals surface area contributed by atoms with E-state index in [1.165, 1.54) is 6.26 Å². The van der Waals surface area contributed by atoms with Gasteiger partial charge in [-0.3, -0.25) is 0 Å². The summed E-state index contributed by atoms with van der Waals surface area (Å²) in [6.07, 6.45) is 1.23. The molecule has 1 N–H and O–H groups in total. The number of nitrogens with zero attached hydrogens (tertiary/aromatic N) is 2. The van der Waals surface area contributed by atoms with Crippen LogP contribution < -0.4 is 5.32 Å². The van der Waals surface area contributed by atoms with Crippen molar-refractivity contribution in [2.45, 2.75) is 32.1 Å². The highest BCUT2D eigenvalue weighted by Crippen LogP contribution is 2.13. The molecule has 7 heteroatoms. The van der Waals surface area contributed by atoms with Gasteiger partial charge < -0.3 is 9.84 Å². The van der Waals surface area contributed by atoms with Crippen LogP contribution >= 0.6 is 0 Å². The molecule has 0 saturated heterocycles. The molecule has 0 amide bonds. The normalized spacial score (nSPS) is 13.0. The molecule has 16 heavy (non-hydrogen) atoms. The van der Waals surface area contributed by atoms with E-state index in [-0.39, 0.29) is 0 Å². The number of hydrogen-bond acceptors (Lipinski definition) is 6. The zero-order chi connectivity index (χ0) is 12.4. The van der Waals surface area contributed by atoms with Gasteiger partial charge in [0.05, 0.1) is 11.3 Å². The standard InChI is InChI=1S/C9H17N3O3S/c1-7-11-8(12-15-7)5-10-6-9(2,3)16(4,13)14/h10H,5-6H2,1-4H3. The van der Waals surface area contributed by atoms with Gasteiger partial charge in [-0.1, -0.05) is 5.16 Å². The van der Waals surface area contributed by atoms with Crippen molar-refractivity contribution < 1.29 is 12.9 Å². The third-order valence-electron chi connectivity index (χ3n) is 2.41. The first-order valence-electron chi connectivity index (χ1n) is 4.92. The molecule has 0 fully saturated rings. The van der Waals surface area contributed by atoms with Crippen molar-refractivity contribution in [1.29, 1.82) is 0 Å². The second-order valence-electron chi connectivity index (χ2n) is 4.37. The number of rotatable bonds is 5. The van der Waals surface area contributed by atoms with Crippen LogP contribution in [0.2, 0.25) is 0 Å². The van der Waals surface area contributed by atoms with E-state index in [1.807, 2.05) is 0 Å². The quantitative estimate of drug-likeness (QED) is 0.805. The molecular formula is C9H17N3O3S. The topological polar surface area (TPSA) is 85.1 Å². The van der Waals surface area contributed by atoms with Crippen LogP contribution in [0.5, 0.6) is 0 Å². The maximum Gasteiger partial charge on any atom is 0.223 e. The van der Waals surface area contributed by atoms with Gasteiger partial charge in [0.25, 0.3) is 0 Å². The van der Waals surface area contributed by atoms with E-state index in [2.05, 4.69) is 15.5 Å². The fourth-order valence-corrected chi connectivity index (χ4v) is 1.38. The van der Waals surface area contributed by atoms with Gasteiger partial charge in [0.15, 0.2) is 15.7 Å². The minimum Gasteiger partial charge on any atom is -0.340 e. The lowest BCUT2D eigenvalue weighted by molar-refractivity contribution is 0.385. The highest BCUT2D eigenvalue weighted by Gasteiger charge is 2.29. The molecule has 1 aromatic heterocycles. The molecule has 0 spiro atoms. The van der Waals surface area contributed by atoms with E-state index in [9.17, 15) is 8.42 Å². The van der Waals surface area contributed by atoms with Crippen LogP contribution in [0.3, 0.4) is 0 Å². The molecule has 0 unspecified atom stereocenters. The zero-order valence-electron chi connectivity index (χ0n) is 9.94. The van der Waals surface area contributed by atoms with Crippen LogP contribution in [-0.4, -0.2) is 36.1 Å². The Bertz CT molecular complexity index is 450. The Morgan fingerprint density at radius 3 is 2.50 bits per heavy atom. The van der Waals surface area contributed by atoms with Gasteiger partial charge in [-0.15, -0.1) is 0 Å². The van der Waals surface area contributed by atoms with Crippen LogP contribution in [-0.2, 0) is 16.4 Å². The van der Waals surface area contributed by atoms with Crippen LogP contribution in [0.1, 0.15) is 25.6 Å². The number of aromatic nitrogens is 2. The lowest BCUT2D eigenvalue weighted by Gasteiger charge is -2.22. The predicted octanol–water partition coefficient (Wildman–Crippen LogP) is 0.291. The average Bonchev–Trinajstić information content (AvgIpc) is 2.49. The van der Waals surface area contributed by atoms with Crippen molar-refractivity contribution in [2.75, 3.05) is 12.8 Å². The van der Waals surface area contributed by atoms with Crippen molar-refractivity contribution in [3.8, 4) is 0 Å². The molecule has 0 aliphatic carbocycles. The second-order valence-corrected chi connectivity index (χ2v) is 7.01. The Morgan fingerprint density at radius 1 is 1.44 bits per heavy atom. The van der Waals surface area contributed by atoms with E-state index >= 15 is 0 Å². The van der Waals surface area contributed by atoms with Crippen molar-refractivity contribution >= 4 is 9.84 Å². The van der Waals surface area contributed by atoms with Gasteiger partial charge in [0.2, 0.25) is 5.89 Å². The lowest BCUT2D eigenvalue weighted by Crippen LogP contribution is -2.41. The third-order valence-corrected chi connectivity index (χ3v) is 4.56. The molecule has 1 rings (SSSR count). The summed E-state index contributed by atoms with van der Waals surface area (Å²) in [4.78, 5) is 4.00. The predicted molar refractivity (Wildman–Crippen MR) is 59.7 cm³/mol. The monoisotopic (exact) mass is 247 g/mol. The largest absolute Gasteiger partial charge is 0.340 e. The summed E-state index contributed by atoms with van der Waals surface area (Å²) >= 11 is 0. The van der Waals surface area contributed by atoms with E-state index in [0.717, 1.165) is 0 Å². The summed E-state index contributed by atoms with van der Waals surface area (Å²) in [5.74, 6) is 1.03. The molecule has 0 aliphatic rings. The third kappa shape index (κ3) is 3.28. The van der Waals surface area contributed by atoms with Crippen LogP contribution in [0.15, 0.2) is 4.52 Å². The van der Waals surface area contributed by atoms with Crippen LogP contribution in [0, 0.1) is 6.92 Å². The molecule has 1 aromatic rings. The smallest absolute Gasteiger partial charge is 0.223 e. The second kappa shape index (κ2) is 4.50. The molecule has 0 aliphatic heterocycles.